The standard InChI is InChI=1S/2CNSe.2Na/c2*2-1-3;;/q2*-1;2*+1. The summed E-state index contributed by atoms with van der Waals surface area (Å²) in [5.41, 5.74) is 0. The first-order chi connectivity index (χ1) is 2.83. The van der Waals surface area contributed by atoms with E-state index in [9.17, 15) is 0 Å². The predicted molar refractivity (Wildman–Crippen MR) is 28.2 cm³/mol. The topological polar surface area (TPSA) is 44.6 Å². The molecule has 0 heterocycles. The Kier molecular flexibility index (Phi) is 98.5. The Hall–Kier alpha value is 2.20. The van der Waals surface area contributed by atoms with Crippen LogP contribution in [0.5, 0.6) is 0 Å². The summed E-state index contributed by atoms with van der Waals surface area (Å²) >= 11 is 4.22. The van der Waals surface area contributed by atoms with Gasteiger partial charge >= 0.3 is 111 Å². The molecule has 0 aliphatic heterocycles. The van der Waals surface area contributed by atoms with E-state index in [1.165, 1.54) is 0 Å². The first-order valence-electron chi connectivity index (χ1n) is 0.855. The van der Waals surface area contributed by atoms with Crippen LogP contribution >= 0.6 is 0 Å². The van der Waals surface area contributed by atoms with Crippen LogP contribution in [0.4, 0.5) is 0 Å². The first kappa shape index (κ1) is 22.5. The Balaban J connectivity index is -0.0000000160. The molecule has 0 aliphatic rings. The molecule has 0 rings (SSSR count). The van der Waals surface area contributed by atoms with Crippen LogP contribution in [-0.2, 0) is 0 Å². The van der Waals surface area contributed by atoms with E-state index in [1.54, 1.807) is 9.43 Å². The molecule has 0 amide bonds. The summed E-state index contributed by atoms with van der Waals surface area (Å²) < 4.78 is 3.25. The maximum atomic E-state index is 7.26. The molecule has 0 N–H and O–H groups in total. The van der Waals surface area contributed by atoms with Crippen molar-refractivity contribution in [2.75, 3.05) is 0 Å². The van der Waals surface area contributed by atoms with Crippen molar-refractivity contribution in [1.82, 2.24) is 0 Å². The summed E-state index contributed by atoms with van der Waals surface area (Å²) in [5, 5.41) is 14.5. The molecule has 0 saturated carbocycles. The Morgan fingerprint density at radius 2 is 0.875 bits per heavy atom. The Labute approximate surface area is 109 Å². The molecule has 0 atom stereocenters. The summed E-state index contributed by atoms with van der Waals surface area (Å²) in [6, 6.07) is 0. The van der Waals surface area contributed by atoms with E-state index in [-0.39, 0.29) is 59.1 Å². The van der Waals surface area contributed by atoms with Crippen LogP contribution in [0.15, 0.2) is 0 Å². The molecule has 0 bridgehead atoms. The minimum absolute atomic E-state index is 0. The summed E-state index contributed by atoms with van der Waals surface area (Å²) in [4.78, 5) is 0. The molecule has 2 nitrogen and oxygen atoms in total. The molecule has 0 saturated heterocycles. The van der Waals surface area contributed by atoms with E-state index in [0.29, 0.717) is 0 Å². The van der Waals surface area contributed by atoms with Gasteiger partial charge in [-0.25, -0.2) is 0 Å². The van der Waals surface area contributed by atoms with Gasteiger partial charge in [-0.1, -0.05) is 0 Å². The van der Waals surface area contributed by atoms with Crippen molar-refractivity contribution >= 4 is 40.6 Å². The molecule has 0 aromatic rings. The summed E-state index contributed by atoms with van der Waals surface area (Å²) in [7, 11) is 0. The Morgan fingerprint density at radius 1 is 0.875 bits per heavy atom. The smallest absolute Gasteiger partial charge is 1.00 e. The van der Waals surface area contributed by atoms with Gasteiger partial charge in [-0.3, -0.25) is 0 Å². The van der Waals surface area contributed by atoms with Crippen LogP contribution in [0.2, 0.25) is 0 Å². The van der Waals surface area contributed by atoms with Gasteiger partial charge in [0.2, 0.25) is 0 Å². The van der Waals surface area contributed by atoms with E-state index < -0.39 is 0 Å². The predicted octanol–water partition coefficient (Wildman–Crippen LogP) is -6.73. The molecule has 0 spiro atoms. The van der Waals surface area contributed by atoms with Crippen molar-refractivity contribution in [3.8, 4) is 0 Å². The van der Waals surface area contributed by atoms with Crippen molar-refractivity contribution in [3.05, 3.63) is 10.8 Å². The van der Waals surface area contributed by atoms with Gasteiger partial charge < -0.3 is 0 Å². The summed E-state index contributed by atoms with van der Waals surface area (Å²) in [5.74, 6) is 0. The minimum atomic E-state index is 0. The van der Waals surface area contributed by atoms with Crippen molar-refractivity contribution in [2.24, 2.45) is 0 Å². The largest absolute Gasteiger partial charge is 1.00 e. The molecular weight excluding hydrogens is 256 g/mol. The van der Waals surface area contributed by atoms with Crippen LogP contribution in [0.3, 0.4) is 0 Å². The van der Waals surface area contributed by atoms with Gasteiger partial charge in [0.25, 0.3) is 0 Å². The van der Waals surface area contributed by atoms with Gasteiger partial charge in [0.15, 0.2) is 0 Å². The molecule has 0 aliphatic carbocycles. The van der Waals surface area contributed by atoms with Crippen molar-refractivity contribution in [3.63, 3.8) is 0 Å². The van der Waals surface area contributed by atoms with Crippen molar-refractivity contribution in [2.45, 2.75) is 0 Å². The number of rotatable bonds is 0. The third-order valence-electron chi connectivity index (χ3n) is 0. The molecular formula is C2N2Na2Se2. The van der Waals surface area contributed by atoms with Gasteiger partial charge in [0.05, 0.1) is 0 Å². The van der Waals surface area contributed by atoms with Crippen molar-refractivity contribution < 1.29 is 59.1 Å². The third kappa shape index (κ3) is 87.9. The number of hydrogen-bond donors (Lipinski definition) is 0. The van der Waals surface area contributed by atoms with E-state index in [1.807, 2.05) is 0 Å². The van der Waals surface area contributed by atoms with Crippen LogP contribution in [-0.4, -0.2) is 40.6 Å². The van der Waals surface area contributed by atoms with Gasteiger partial charge in [-0.15, -0.1) is 0 Å². The molecule has 0 aromatic carbocycles. The molecule has 32 valence electrons. The monoisotopic (exact) mass is 258 g/mol. The van der Waals surface area contributed by atoms with Gasteiger partial charge in [-0.05, 0) is 0 Å². The van der Waals surface area contributed by atoms with Crippen molar-refractivity contribution in [1.29, 1.82) is 0 Å². The average molecular weight is 256 g/mol. The third-order valence-corrected chi connectivity index (χ3v) is 0. The maximum Gasteiger partial charge on any atom is 1.00 e. The molecule has 0 unspecified atom stereocenters. The number of nitrogens with zero attached hydrogens (tertiary/aromatic N) is 2. The second-order valence-electron chi connectivity index (χ2n) is 0.183. The van der Waals surface area contributed by atoms with Gasteiger partial charge in [0, 0.05) is 0 Å². The zero-order valence-electron chi connectivity index (χ0n) is 4.71. The molecule has 0 aromatic heterocycles. The molecule has 0 radical (unpaired) electrons. The first-order valence-corrected chi connectivity index (χ1v) is 2.57. The molecule has 8 heavy (non-hydrogen) atoms. The van der Waals surface area contributed by atoms with E-state index in [2.05, 4.69) is 31.2 Å². The summed E-state index contributed by atoms with van der Waals surface area (Å²) in [6.45, 7) is 0. The van der Waals surface area contributed by atoms with Crippen LogP contribution in [0.25, 0.3) is 10.8 Å². The van der Waals surface area contributed by atoms with E-state index in [0.717, 1.165) is 0 Å². The fourth-order valence-corrected chi connectivity index (χ4v) is 0. The SMILES string of the molecule is [N-]=C=[Se].[N-]=C=[Se].[Na+].[Na+]. The fraction of sp³-hybridized carbons (Fsp3) is 0. The fourth-order valence-electron chi connectivity index (χ4n) is 0. The quantitative estimate of drug-likeness (QED) is 0.305. The Bertz CT molecular complexity index is 70.0. The van der Waals surface area contributed by atoms with E-state index in [4.69, 9.17) is 10.8 Å². The summed E-state index contributed by atoms with van der Waals surface area (Å²) in [6.07, 6.45) is 0. The normalized spacial score (nSPS) is 2.00. The van der Waals surface area contributed by atoms with Crippen LogP contribution < -0.4 is 59.1 Å². The molecule has 0 fully saturated rings. The second-order valence-corrected chi connectivity index (χ2v) is 0.949. The zero-order chi connectivity index (χ0) is 5.41. The number of hydrogen-bond acceptors (Lipinski definition) is 0. The van der Waals surface area contributed by atoms with Crippen LogP contribution in [0, 0.1) is 0 Å². The van der Waals surface area contributed by atoms with Gasteiger partial charge in [-0.2, -0.15) is 0 Å². The van der Waals surface area contributed by atoms with Crippen LogP contribution in [0.1, 0.15) is 0 Å². The second kappa shape index (κ2) is 35.1. The Morgan fingerprint density at radius 3 is 0.875 bits per heavy atom. The maximum absolute atomic E-state index is 7.26. The minimum Gasteiger partial charge on any atom is 1.00 e. The molecule has 6 heteroatoms. The van der Waals surface area contributed by atoms with Gasteiger partial charge in [0.1, 0.15) is 0 Å². The zero-order valence-corrected chi connectivity index (χ0v) is 12.1. The van der Waals surface area contributed by atoms with E-state index >= 15 is 0 Å². The average Bonchev–Trinajstić information content (AvgIpc) is 1.39.